The molecule has 1 aromatic carbocycles. The number of aliphatic carboxylic acids is 1. The molecule has 4 heteroatoms. The van der Waals surface area contributed by atoms with Crippen LogP contribution in [0.25, 0.3) is 17.0 Å². The summed E-state index contributed by atoms with van der Waals surface area (Å²) in [4.78, 5) is 14.9. The first-order chi connectivity index (χ1) is 8.47. The average molecular weight is 245 g/mol. The summed E-state index contributed by atoms with van der Waals surface area (Å²) < 4.78 is 13.5. The van der Waals surface area contributed by atoms with E-state index in [9.17, 15) is 9.18 Å². The fraction of sp³-hybridized carbons (Fsp3) is 0.143. The molecule has 0 unspecified atom stereocenters. The minimum absolute atomic E-state index is 0.402. The van der Waals surface area contributed by atoms with Gasteiger partial charge in [0, 0.05) is 22.7 Å². The summed E-state index contributed by atoms with van der Waals surface area (Å²) in [7, 11) is 0. The van der Waals surface area contributed by atoms with Crippen LogP contribution in [0.2, 0.25) is 0 Å². The molecule has 0 atom stereocenters. The highest BCUT2D eigenvalue weighted by atomic mass is 19.1. The number of fused-ring (bicyclic) bond motifs is 1. The van der Waals surface area contributed by atoms with Crippen molar-refractivity contribution in [3.05, 3.63) is 46.9 Å². The molecule has 1 aromatic heterocycles. The number of aromatic nitrogens is 1. The standard InChI is InChI=1S/C14H12FNO2/c1-8-5-9(2)16-14-10(3-4-13(17)18)6-11(15)7-12(8)14/h3-7H,1-2H3,(H,17,18)/b4-3+. The van der Waals surface area contributed by atoms with E-state index in [2.05, 4.69) is 4.98 Å². The smallest absolute Gasteiger partial charge is 0.328 e. The van der Waals surface area contributed by atoms with Crippen LogP contribution < -0.4 is 0 Å². The van der Waals surface area contributed by atoms with Crippen molar-refractivity contribution in [2.24, 2.45) is 0 Å². The summed E-state index contributed by atoms with van der Waals surface area (Å²) >= 11 is 0. The van der Waals surface area contributed by atoms with Gasteiger partial charge >= 0.3 is 5.97 Å². The molecule has 92 valence electrons. The zero-order valence-corrected chi connectivity index (χ0v) is 10.1. The van der Waals surface area contributed by atoms with Crippen LogP contribution in [0.3, 0.4) is 0 Å². The number of rotatable bonds is 2. The molecule has 0 saturated carbocycles. The summed E-state index contributed by atoms with van der Waals surface area (Å²) in [6.07, 6.45) is 2.34. The predicted molar refractivity (Wildman–Crippen MR) is 67.8 cm³/mol. The Bertz CT molecular complexity index is 662. The van der Waals surface area contributed by atoms with Crippen LogP contribution in [0, 0.1) is 19.7 Å². The molecule has 3 nitrogen and oxygen atoms in total. The second-order valence-corrected chi connectivity index (χ2v) is 4.14. The lowest BCUT2D eigenvalue weighted by atomic mass is 10.0. The Morgan fingerprint density at radius 2 is 2.06 bits per heavy atom. The van der Waals surface area contributed by atoms with E-state index in [0.717, 1.165) is 17.3 Å². The molecule has 0 radical (unpaired) electrons. The van der Waals surface area contributed by atoms with Crippen molar-refractivity contribution in [3.8, 4) is 0 Å². The van der Waals surface area contributed by atoms with Crippen molar-refractivity contribution in [2.75, 3.05) is 0 Å². The molecule has 0 spiro atoms. The normalized spacial score (nSPS) is 11.3. The Morgan fingerprint density at radius 3 is 2.72 bits per heavy atom. The number of hydrogen-bond acceptors (Lipinski definition) is 2. The summed E-state index contributed by atoms with van der Waals surface area (Å²) in [5, 5.41) is 9.32. The van der Waals surface area contributed by atoms with Crippen LogP contribution in [-0.4, -0.2) is 16.1 Å². The number of nitrogens with zero attached hydrogens (tertiary/aromatic N) is 1. The fourth-order valence-corrected chi connectivity index (χ4v) is 1.93. The number of halogens is 1. The van der Waals surface area contributed by atoms with Crippen molar-refractivity contribution in [2.45, 2.75) is 13.8 Å². The molecule has 0 fully saturated rings. The first kappa shape index (κ1) is 12.2. The number of carboxylic acid groups (broad SMARTS) is 1. The topological polar surface area (TPSA) is 50.2 Å². The SMILES string of the molecule is Cc1cc(C)c2cc(F)cc(/C=C/C(=O)O)c2n1. The van der Waals surface area contributed by atoms with Gasteiger partial charge in [-0.15, -0.1) is 0 Å². The molecule has 0 bridgehead atoms. The van der Waals surface area contributed by atoms with Gasteiger partial charge in [-0.25, -0.2) is 9.18 Å². The molecule has 0 saturated heterocycles. The average Bonchev–Trinajstić information content (AvgIpc) is 2.27. The van der Waals surface area contributed by atoms with Crippen molar-refractivity contribution in [1.82, 2.24) is 4.98 Å². The third-order valence-corrected chi connectivity index (χ3v) is 2.65. The zero-order chi connectivity index (χ0) is 13.3. The number of carbonyl (C=O) groups is 1. The fourth-order valence-electron chi connectivity index (χ4n) is 1.93. The van der Waals surface area contributed by atoms with Crippen molar-refractivity contribution in [1.29, 1.82) is 0 Å². The Kier molecular flexibility index (Phi) is 3.10. The van der Waals surface area contributed by atoms with Gasteiger partial charge in [0.05, 0.1) is 5.52 Å². The van der Waals surface area contributed by atoms with Gasteiger partial charge in [0.25, 0.3) is 0 Å². The summed E-state index contributed by atoms with van der Waals surface area (Å²) in [5.41, 5.74) is 2.82. The van der Waals surface area contributed by atoms with E-state index in [1.807, 2.05) is 19.9 Å². The van der Waals surface area contributed by atoms with Crippen molar-refractivity contribution in [3.63, 3.8) is 0 Å². The van der Waals surface area contributed by atoms with E-state index in [4.69, 9.17) is 5.11 Å². The van der Waals surface area contributed by atoms with Gasteiger partial charge in [-0.1, -0.05) is 0 Å². The van der Waals surface area contributed by atoms with Crippen molar-refractivity contribution >= 4 is 22.9 Å². The molecular weight excluding hydrogens is 233 g/mol. The monoisotopic (exact) mass is 245 g/mol. The lowest BCUT2D eigenvalue weighted by Gasteiger charge is -2.07. The maximum absolute atomic E-state index is 13.5. The van der Waals surface area contributed by atoms with Crippen LogP contribution >= 0.6 is 0 Å². The third kappa shape index (κ3) is 2.37. The summed E-state index contributed by atoms with van der Waals surface area (Å²) in [6.45, 7) is 3.72. The summed E-state index contributed by atoms with van der Waals surface area (Å²) in [6, 6.07) is 4.56. The zero-order valence-electron chi connectivity index (χ0n) is 10.1. The first-order valence-corrected chi connectivity index (χ1v) is 5.46. The van der Waals surface area contributed by atoms with Crippen LogP contribution in [0.15, 0.2) is 24.3 Å². The minimum Gasteiger partial charge on any atom is -0.478 e. The Hall–Kier alpha value is -2.23. The molecule has 2 aromatic rings. The van der Waals surface area contributed by atoms with E-state index >= 15 is 0 Å². The number of benzene rings is 1. The van der Waals surface area contributed by atoms with Crippen LogP contribution in [0.5, 0.6) is 0 Å². The van der Waals surface area contributed by atoms with Gasteiger partial charge in [-0.2, -0.15) is 0 Å². The van der Waals surface area contributed by atoms with Gasteiger partial charge < -0.3 is 5.11 Å². The van der Waals surface area contributed by atoms with E-state index in [0.29, 0.717) is 16.5 Å². The maximum atomic E-state index is 13.5. The van der Waals surface area contributed by atoms with E-state index in [-0.39, 0.29) is 0 Å². The molecule has 18 heavy (non-hydrogen) atoms. The van der Waals surface area contributed by atoms with E-state index < -0.39 is 11.8 Å². The minimum atomic E-state index is -1.07. The largest absolute Gasteiger partial charge is 0.478 e. The molecule has 1 N–H and O–H groups in total. The van der Waals surface area contributed by atoms with Crippen LogP contribution in [0.1, 0.15) is 16.8 Å². The van der Waals surface area contributed by atoms with Crippen LogP contribution in [-0.2, 0) is 4.79 Å². The molecule has 2 rings (SSSR count). The molecule has 0 aliphatic carbocycles. The quantitative estimate of drug-likeness (QED) is 0.827. The maximum Gasteiger partial charge on any atom is 0.328 e. The number of hydrogen-bond donors (Lipinski definition) is 1. The Labute approximate surface area is 104 Å². The van der Waals surface area contributed by atoms with Gasteiger partial charge in [-0.3, -0.25) is 4.98 Å². The Morgan fingerprint density at radius 1 is 1.33 bits per heavy atom. The molecule has 0 aliphatic rings. The van der Waals surface area contributed by atoms with Crippen LogP contribution in [0.4, 0.5) is 4.39 Å². The molecule has 0 aliphatic heterocycles. The third-order valence-electron chi connectivity index (χ3n) is 2.65. The highest BCUT2D eigenvalue weighted by Gasteiger charge is 2.07. The van der Waals surface area contributed by atoms with Crippen molar-refractivity contribution < 1.29 is 14.3 Å². The van der Waals surface area contributed by atoms with Gasteiger partial charge in [0.2, 0.25) is 0 Å². The summed E-state index contributed by atoms with van der Waals surface area (Å²) in [5.74, 6) is -1.47. The van der Waals surface area contributed by atoms with E-state index in [1.165, 1.54) is 18.2 Å². The highest BCUT2D eigenvalue weighted by Crippen LogP contribution is 2.23. The van der Waals surface area contributed by atoms with Gasteiger partial charge in [-0.05, 0) is 43.7 Å². The second kappa shape index (κ2) is 4.56. The molecule has 0 amide bonds. The number of carboxylic acids is 1. The first-order valence-electron chi connectivity index (χ1n) is 5.46. The number of pyridine rings is 1. The predicted octanol–water partition coefficient (Wildman–Crippen LogP) is 3.09. The number of aryl methyl sites for hydroxylation is 2. The second-order valence-electron chi connectivity index (χ2n) is 4.14. The van der Waals surface area contributed by atoms with Gasteiger partial charge in [0.1, 0.15) is 5.82 Å². The lowest BCUT2D eigenvalue weighted by molar-refractivity contribution is -0.131. The van der Waals surface area contributed by atoms with Gasteiger partial charge in [0.15, 0.2) is 0 Å². The van der Waals surface area contributed by atoms with E-state index in [1.54, 1.807) is 0 Å². The lowest BCUT2D eigenvalue weighted by Crippen LogP contribution is -1.93. The Balaban J connectivity index is 2.75. The molecule has 1 heterocycles. The highest BCUT2D eigenvalue weighted by molar-refractivity contribution is 5.93. The molecular formula is C14H12FNO2.